The van der Waals surface area contributed by atoms with Crippen molar-refractivity contribution in [2.45, 2.75) is 6.42 Å². The van der Waals surface area contributed by atoms with Crippen LogP contribution in [0, 0.1) is 0 Å². The average molecular weight is 327 g/mol. The summed E-state index contributed by atoms with van der Waals surface area (Å²) in [5, 5.41) is 3.87. The first-order chi connectivity index (χ1) is 10.2. The number of hydrogen-bond donors (Lipinski definition) is 1. The number of rotatable bonds is 7. The summed E-state index contributed by atoms with van der Waals surface area (Å²) < 4.78 is 10.2. The molecule has 0 saturated carbocycles. The summed E-state index contributed by atoms with van der Waals surface area (Å²) in [5.74, 6) is 0.376. The predicted molar refractivity (Wildman–Crippen MR) is 83.5 cm³/mol. The Morgan fingerprint density at radius 2 is 2.14 bits per heavy atom. The van der Waals surface area contributed by atoms with Crippen molar-refractivity contribution in [1.29, 1.82) is 0 Å². The fourth-order valence-corrected chi connectivity index (χ4v) is 2.70. The molecule has 0 aliphatic rings. The van der Waals surface area contributed by atoms with Gasteiger partial charge in [0.2, 0.25) is 0 Å². The van der Waals surface area contributed by atoms with Crippen LogP contribution in [0.15, 0.2) is 30.3 Å². The average Bonchev–Trinajstić information content (AvgIpc) is 2.88. The molecule has 0 aliphatic carbocycles. The van der Waals surface area contributed by atoms with Gasteiger partial charge < -0.3 is 14.8 Å². The number of para-hydroxylation sites is 1. The number of benzene rings is 1. The van der Waals surface area contributed by atoms with E-state index in [-0.39, 0.29) is 5.15 Å². The molecule has 7 heteroatoms. The Morgan fingerprint density at radius 3 is 2.86 bits per heavy atom. The smallest absolute Gasteiger partial charge is 0.351 e. The van der Waals surface area contributed by atoms with Crippen LogP contribution in [-0.4, -0.2) is 31.2 Å². The second-order valence-corrected chi connectivity index (χ2v) is 5.43. The lowest BCUT2D eigenvalue weighted by atomic mass is 10.3. The Labute approximate surface area is 131 Å². The van der Waals surface area contributed by atoms with E-state index in [0.29, 0.717) is 23.2 Å². The Kier molecular flexibility index (Phi) is 5.83. The number of nitrogens with zero attached hydrogens (tertiary/aromatic N) is 1. The molecule has 0 spiro atoms. The molecule has 1 aromatic carbocycles. The molecule has 1 N–H and O–H groups in total. The zero-order valence-corrected chi connectivity index (χ0v) is 13.0. The van der Waals surface area contributed by atoms with Gasteiger partial charge in [-0.25, -0.2) is 9.78 Å². The number of thiazole rings is 1. The topological polar surface area (TPSA) is 60.5 Å². The normalized spacial score (nSPS) is 10.2. The molecular weight excluding hydrogens is 312 g/mol. The highest BCUT2D eigenvalue weighted by Crippen LogP contribution is 2.27. The molecule has 0 unspecified atom stereocenters. The Morgan fingerprint density at radius 1 is 1.38 bits per heavy atom. The zero-order chi connectivity index (χ0) is 15.1. The zero-order valence-electron chi connectivity index (χ0n) is 11.5. The molecule has 0 radical (unpaired) electrons. The number of nitrogens with one attached hydrogen (secondary N) is 1. The molecule has 2 aromatic rings. The third kappa shape index (κ3) is 4.61. The molecule has 0 saturated heterocycles. The summed E-state index contributed by atoms with van der Waals surface area (Å²) in [4.78, 5) is 15.8. The highest BCUT2D eigenvalue weighted by molar-refractivity contribution is 7.18. The van der Waals surface area contributed by atoms with Crippen molar-refractivity contribution >= 4 is 34.0 Å². The van der Waals surface area contributed by atoms with Crippen molar-refractivity contribution < 1.29 is 14.3 Å². The Hall–Kier alpha value is -1.79. The highest BCUT2D eigenvalue weighted by atomic mass is 35.5. The van der Waals surface area contributed by atoms with Crippen molar-refractivity contribution in [2.24, 2.45) is 0 Å². The number of carbonyl (C=O) groups is 1. The van der Waals surface area contributed by atoms with E-state index in [1.54, 1.807) is 0 Å². The molecular formula is C14H15ClN2O3S. The van der Waals surface area contributed by atoms with Crippen molar-refractivity contribution in [3.05, 3.63) is 40.4 Å². The van der Waals surface area contributed by atoms with E-state index >= 15 is 0 Å². The second-order valence-electron chi connectivity index (χ2n) is 4.07. The van der Waals surface area contributed by atoms with Gasteiger partial charge in [-0.2, -0.15) is 0 Å². The summed E-state index contributed by atoms with van der Waals surface area (Å²) in [7, 11) is 1.31. The van der Waals surface area contributed by atoms with Gasteiger partial charge in [0.05, 0.1) is 13.7 Å². The third-order valence-electron chi connectivity index (χ3n) is 2.57. The minimum Gasteiger partial charge on any atom is -0.494 e. The van der Waals surface area contributed by atoms with Gasteiger partial charge in [-0.1, -0.05) is 41.1 Å². The number of methoxy groups -OCH3 is 1. The fraction of sp³-hybridized carbons (Fsp3) is 0.286. The summed E-state index contributed by atoms with van der Waals surface area (Å²) in [6.07, 6.45) is 0.805. The maximum absolute atomic E-state index is 11.4. The Bertz CT molecular complexity index is 589. The first kappa shape index (κ1) is 15.6. The second kappa shape index (κ2) is 7.85. The largest absolute Gasteiger partial charge is 0.494 e. The highest BCUT2D eigenvalue weighted by Gasteiger charge is 2.16. The first-order valence-corrected chi connectivity index (χ1v) is 7.56. The SMILES string of the molecule is COC(=O)c1sc(NCCCOc2ccccc2)nc1Cl. The van der Waals surface area contributed by atoms with E-state index in [2.05, 4.69) is 15.0 Å². The summed E-state index contributed by atoms with van der Waals surface area (Å²) in [6.45, 7) is 1.28. The first-order valence-electron chi connectivity index (χ1n) is 6.37. The van der Waals surface area contributed by atoms with Crippen LogP contribution < -0.4 is 10.1 Å². The minimum absolute atomic E-state index is 0.162. The van der Waals surface area contributed by atoms with Crippen molar-refractivity contribution in [2.75, 3.05) is 25.6 Å². The van der Waals surface area contributed by atoms with Crippen LogP contribution in [0.1, 0.15) is 16.1 Å². The third-order valence-corrected chi connectivity index (χ3v) is 3.94. The molecule has 112 valence electrons. The quantitative estimate of drug-likeness (QED) is 0.623. The van der Waals surface area contributed by atoms with Crippen LogP contribution in [-0.2, 0) is 4.74 Å². The van der Waals surface area contributed by atoms with Crippen LogP contribution in [0.5, 0.6) is 5.75 Å². The maximum Gasteiger partial charge on any atom is 0.351 e. The van der Waals surface area contributed by atoms with E-state index in [1.165, 1.54) is 18.4 Å². The van der Waals surface area contributed by atoms with Crippen LogP contribution in [0.4, 0.5) is 5.13 Å². The van der Waals surface area contributed by atoms with Crippen LogP contribution in [0.2, 0.25) is 5.15 Å². The standard InChI is InChI=1S/C14H15ClN2O3S/c1-19-13(18)11-12(15)17-14(21-11)16-8-5-9-20-10-6-3-2-4-7-10/h2-4,6-7H,5,8-9H2,1H3,(H,16,17). The number of ether oxygens (including phenoxy) is 2. The van der Waals surface area contributed by atoms with E-state index in [4.69, 9.17) is 16.3 Å². The van der Waals surface area contributed by atoms with Gasteiger partial charge >= 0.3 is 5.97 Å². The molecule has 0 bridgehead atoms. The number of carbonyl (C=O) groups excluding carboxylic acids is 1. The number of esters is 1. The molecule has 2 rings (SSSR count). The van der Waals surface area contributed by atoms with Crippen molar-refractivity contribution in [3.8, 4) is 5.75 Å². The molecule has 0 atom stereocenters. The molecule has 1 heterocycles. The van der Waals surface area contributed by atoms with Gasteiger partial charge in [0.15, 0.2) is 15.2 Å². The molecule has 0 amide bonds. The lowest BCUT2D eigenvalue weighted by Gasteiger charge is -2.06. The predicted octanol–water partition coefficient (Wildman–Crippen LogP) is 3.46. The van der Waals surface area contributed by atoms with Gasteiger partial charge in [0, 0.05) is 6.54 Å². The minimum atomic E-state index is -0.474. The summed E-state index contributed by atoms with van der Waals surface area (Å²) in [6, 6.07) is 9.63. The van der Waals surface area contributed by atoms with Crippen LogP contribution in [0.3, 0.4) is 0 Å². The fourth-order valence-electron chi connectivity index (χ4n) is 1.57. The number of halogens is 1. The van der Waals surface area contributed by atoms with E-state index in [0.717, 1.165) is 12.2 Å². The van der Waals surface area contributed by atoms with Crippen molar-refractivity contribution in [1.82, 2.24) is 4.98 Å². The van der Waals surface area contributed by atoms with Crippen LogP contribution in [0.25, 0.3) is 0 Å². The van der Waals surface area contributed by atoms with E-state index in [1.807, 2.05) is 30.3 Å². The van der Waals surface area contributed by atoms with Gasteiger partial charge in [0.1, 0.15) is 5.75 Å². The molecule has 21 heavy (non-hydrogen) atoms. The van der Waals surface area contributed by atoms with E-state index in [9.17, 15) is 4.79 Å². The van der Waals surface area contributed by atoms with Gasteiger partial charge in [-0.15, -0.1) is 0 Å². The van der Waals surface area contributed by atoms with Crippen LogP contribution >= 0.6 is 22.9 Å². The lowest BCUT2D eigenvalue weighted by Crippen LogP contribution is -2.06. The van der Waals surface area contributed by atoms with Gasteiger partial charge in [-0.3, -0.25) is 0 Å². The number of hydrogen-bond acceptors (Lipinski definition) is 6. The number of anilines is 1. The Balaban J connectivity index is 1.73. The maximum atomic E-state index is 11.4. The van der Waals surface area contributed by atoms with E-state index < -0.39 is 5.97 Å². The lowest BCUT2D eigenvalue weighted by molar-refractivity contribution is 0.0606. The monoisotopic (exact) mass is 326 g/mol. The van der Waals surface area contributed by atoms with Gasteiger partial charge in [0.25, 0.3) is 0 Å². The molecule has 0 aliphatic heterocycles. The summed E-state index contributed by atoms with van der Waals surface area (Å²) >= 11 is 7.05. The molecule has 1 aromatic heterocycles. The number of aromatic nitrogens is 1. The summed E-state index contributed by atoms with van der Waals surface area (Å²) in [5.41, 5.74) is 0. The van der Waals surface area contributed by atoms with Crippen molar-refractivity contribution in [3.63, 3.8) is 0 Å². The van der Waals surface area contributed by atoms with Gasteiger partial charge in [-0.05, 0) is 18.6 Å². The molecule has 0 fully saturated rings. The molecule has 5 nitrogen and oxygen atoms in total.